The maximum absolute atomic E-state index is 13.3. The SMILES string of the molecule is CC[C@H](NC(=O)c1cc(F)ccc1C)c1ncc(C)[nH]1. The molecule has 0 spiro atoms. The molecule has 0 aliphatic heterocycles. The molecule has 0 fully saturated rings. The van der Waals surface area contributed by atoms with E-state index in [1.807, 2.05) is 13.8 Å². The molecule has 1 atom stereocenters. The molecule has 0 aliphatic rings. The van der Waals surface area contributed by atoms with Crippen molar-refractivity contribution < 1.29 is 9.18 Å². The van der Waals surface area contributed by atoms with Crippen molar-refractivity contribution >= 4 is 5.91 Å². The van der Waals surface area contributed by atoms with Gasteiger partial charge in [0.1, 0.15) is 11.6 Å². The number of carbonyl (C=O) groups excluding carboxylic acids is 1. The van der Waals surface area contributed by atoms with Crippen LogP contribution in [0.25, 0.3) is 0 Å². The van der Waals surface area contributed by atoms with Gasteiger partial charge in [-0.05, 0) is 38.0 Å². The van der Waals surface area contributed by atoms with E-state index in [-0.39, 0.29) is 11.9 Å². The number of aromatic nitrogens is 2. The molecule has 2 N–H and O–H groups in total. The Bertz CT molecular complexity index is 621. The van der Waals surface area contributed by atoms with Crippen LogP contribution in [0.3, 0.4) is 0 Å². The number of aryl methyl sites for hydroxylation is 2. The van der Waals surface area contributed by atoms with Gasteiger partial charge in [-0.15, -0.1) is 0 Å². The fourth-order valence-electron chi connectivity index (χ4n) is 2.05. The number of H-pyrrole nitrogens is 1. The van der Waals surface area contributed by atoms with Gasteiger partial charge in [0.05, 0.1) is 6.04 Å². The van der Waals surface area contributed by atoms with Crippen molar-refractivity contribution in [3.8, 4) is 0 Å². The van der Waals surface area contributed by atoms with Crippen LogP contribution in [0.4, 0.5) is 4.39 Å². The molecule has 5 heteroatoms. The fourth-order valence-corrected chi connectivity index (χ4v) is 2.05. The van der Waals surface area contributed by atoms with Crippen molar-refractivity contribution in [2.75, 3.05) is 0 Å². The van der Waals surface area contributed by atoms with Crippen LogP contribution in [0.5, 0.6) is 0 Å². The summed E-state index contributed by atoms with van der Waals surface area (Å²) in [6.07, 6.45) is 2.42. The van der Waals surface area contributed by atoms with Crippen LogP contribution >= 0.6 is 0 Å². The standard InChI is InChI=1S/C15H18FN3O/c1-4-13(14-17-8-10(3)18-14)19-15(20)12-7-11(16)6-5-9(12)2/h5-8,13H,4H2,1-3H3,(H,17,18)(H,19,20)/t13-/m0/s1. The Labute approximate surface area is 117 Å². The normalized spacial score (nSPS) is 12.2. The van der Waals surface area contributed by atoms with E-state index in [0.29, 0.717) is 17.8 Å². The van der Waals surface area contributed by atoms with Crippen LogP contribution in [-0.4, -0.2) is 15.9 Å². The third-order valence-electron chi connectivity index (χ3n) is 3.21. The second-order valence-corrected chi connectivity index (χ2v) is 4.84. The molecule has 0 bridgehead atoms. The van der Waals surface area contributed by atoms with Crippen molar-refractivity contribution in [1.29, 1.82) is 0 Å². The van der Waals surface area contributed by atoms with Gasteiger partial charge in [-0.25, -0.2) is 9.37 Å². The number of rotatable bonds is 4. The predicted octanol–water partition coefficient (Wildman–Crippen LogP) is 3.05. The minimum Gasteiger partial charge on any atom is -0.344 e. The first kappa shape index (κ1) is 14.2. The Hall–Kier alpha value is -2.17. The summed E-state index contributed by atoms with van der Waals surface area (Å²) in [5, 5.41) is 2.88. The summed E-state index contributed by atoms with van der Waals surface area (Å²) in [7, 11) is 0. The molecule has 1 heterocycles. The number of imidazole rings is 1. The third-order valence-corrected chi connectivity index (χ3v) is 3.21. The summed E-state index contributed by atoms with van der Waals surface area (Å²) in [6.45, 7) is 5.65. The van der Waals surface area contributed by atoms with Crippen LogP contribution in [0.2, 0.25) is 0 Å². The molecular weight excluding hydrogens is 257 g/mol. The average Bonchev–Trinajstić information content (AvgIpc) is 2.85. The largest absolute Gasteiger partial charge is 0.344 e. The minimum absolute atomic E-state index is 0.209. The summed E-state index contributed by atoms with van der Waals surface area (Å²) in [5.74, 6) is 0.0120. The van der Waals surface area contributed by atoms with Gasteiger partial charge in [0, 0.05) is 17.5 Å². The highest BCUT2D eigenvalue weighted by Crippen LogP contribution is 2.16. The molecule has 0 radical (unpaired) electrons. The predicted molar refractivity (Wildman–Crippen MR) is 75.0 cm³/mol. The molecule has 0 unspecified atom stereocenters. The van der Waals surface area contributed by atoms with E-state index < -0.39 is 5.82 Å². The minimum atomic E-state index is -0.414. The molecule has 1 amide bonds. The molecule has 106 valence electrons. The number of hydrogen-bond donors (Lipinski definition) is 2. The molecule has 2 rings (SSSR count). The topological polar surface area (TPSA) is 57.8 Å². The maximum Gasteiger partial charge on any atom is 0.252 e. The highest BCUT2D eigenvalue weighted by molar-refractivity contribution is 5.95. The van der Waals surface area contributed by atoms with E-state index in [9.17, 15) is 9.18 Å². The van der Waals surface area contributed by atoms with Gasteiger partial charge in [0.25, 0.3) is 5.91 Å². The Balaban J connectivity index is 2.19. The lowest BCUT2D eigenvalue weighted by atomic mass is 10.1. The summed E-state index contributed by atoms with van der Waals surface area (Å²) in [6, 6.07) is 3.99. The van der Waals surface area contributed by atoms with Gasteiger partial charge in [-0.1, -0.05) is 13.0 Å². The lowest BCUT2D eigenvalue weighted by molar-refractivity contribution is 0.0932. The van der Waals surface area contributed by atoms with Crippen LogP contribution in [0, 0.1) is 19.7 Å². The first-order chi connectivity index (χ1) is 9.51. The van der Waals surface area contributed by atoms with Gasteiger partial charge >= 0.3 is 0 Å². The zero-order valence-corrected chi connectivity index (χ0v) is 11.8. The Morgan fingerprint density at radius 3 is 2.80 bits per heavy atom. The monoisotopic (exact) mass is 275 g/mol. The van der Waals surface area contributed by atoms with E-state index >= 15 is 0 Å². The third kappa shape index (κ3) is 3.04. The number of nitrogens with zero attached hydrogens (tertiary/aromatic N) is 1. The van der Waals surface area contributed by atoms with E-state index in [1.54, 1.807) is 19.2 Å². The summed E-state index contributed by atoms with van der Waals surface area (Å²) < 4.78 is 13.3. The molecule has 1 aromatic heterocycles. The first-order valence-corrected chi connectivity index (χ1v) is 6.59. The van der Waals surface area contributed by atoms with E-state index in [0.717, 1.165) is 11.3 Å². The smallest absolute Gasteiger partial charge is 0.252 e. The van der Waals surface area contributed by atoms with Crippen molar-refractivity contribution in [2.45, 2.75) is 33.2 Å². The van der Waals surface area contributed by atoms with Gasteiger partial charge < -0.3 is 10.3 Å². The summed E-state index contributed by atoms with van der Waals surface area (Å²) in [4.78, 5) is 19.6. The zero-order valence-electron chi connectivity index (χ0n) is 11.8. The molecular formula is C15H18FN3O. The van der Waals surface area contributed by atoms with Crippen molar-refractivity contribution in [3.63, 3.8) is 0 Å². The van der Waals surface area contributed by atoms with Gasteiger partial charge in [0.15, 0.2) is 0 Å². The first-order valence-electron chi connectivity index (χ1n) is 6.59. The molecule has 0 aliphatic carbocycles. The summed E-state index contributed by atoms with van der Waals surface area (Å²) in [5.41, 5.74) is 2.04. The van der Waals surface area contributed by atoms with E-state index in [1.165, 1.54) is 12.1 Å². The second-order valence-electron chi connectivity index (χ2n) is 4.84. The van der Waals surface area contributed by atoms with E-state index in [2.05, 4.69) is 15.3 Å². The number of aromatic amines is 1. The number of hydrogen-bond acceptors (Lipinski definition) is 2. The van der Waals surface area contributed by atoms with Crippen LogP contribution in [-0.2, 0) is 0 Å². The molecule has 1 aromatic carbocycles. The molecule has 4 nitrogen and oxygen atoms in total. The number of amides is 1. The van der Waals surface area contributed by atoms with Gasteiger partial charge in [-0.2, -0.15) is 0 Å². The van der Waals surface area contributed by atoms with Crippen LogP contribution in [0.1, 0.15) is 46.8 Å². The molecule has 20 heavy (non-hydrogen) atoms. The lowest BCUT2D eigenvalue weighted by Crippen LogP contribution is -2.29. The van der Waals surface area contributed by atoms with Crippen molar-refractivity contribution in [2.24, 2.45) is 0 Å². The number of carbonyl (C=O) groups is 1. The Morgan fingerprint density at radius 2 is 2.20 bits per heavy atom. The second kappa shape index (κ2) is 5.86. The van der Waals surface area contributed by atoms with Crippen LogP contribution in [0.15, 0.2) is 24.4 Å². The number of nitrogens with one attached hydrogen (secondary N) is 2. The Kier molecular flexibility index (Phi) is 4.17. The highest BCUT2D eigenvalue weighted by Gasteiger charge is 2.18. The Morgan fingerprint density at radius 1 is 1.45 bits per heavy atom. The highest BCUT2D eigenvalue weighted by atomic mass is 19.1. The molecule has 2 aromatic rings. The quantitative estimate of drug-likeness (QED) is 0.901. The van der Waals surface area contributed by atoms with Gasteiger partial charge in [-0.3, -0.25) is 4.79 Å². The number of benzene rings is 1. The average molecular weight is 275 g/mol. The maximum atomic E-state index is 13.3. The van der Waals surface area contributed by atoms with E-state index in [4.69, 9.17) is 0 Å². The van der Waals surface area contributed by atoms with Crippen molar-refractivity contribution in [3.05, 3.63) is 52.9 Å². The lowest BCUT2D eigenvalue weighted by Gasteiger charge is -2.15. The van der Waals surface area contributed by atoms with Crippen molar-refractivity contribution in [1.82, 2.24) is 15.3 Å². The van der Waals surface area contributed by atoms with Gasteiger partial charge in [0.2, 0.25) is 0 Å². The number of halogens is 1. The molecule has 0 saturated carbocycles. The van der Waals surface area contributed by atoms with Crippen LogP contribution < -0.4 is 5.32 Å². The fraction of sp³-hybridized carbons (Fsp3) is 0.333. The molecule has 0 saturated heterocycles. The zero-order chi connectivity index (χ0) is 14.7. The summed E-state index contributed by atoms with van der Waals surface area (Å²) >= 11 is 0.